The van der Waals surface area contributed by atoms with E-state index in [0.717, 1.165) is 29.7 Å². The molecule has 0 spiro atoms. The fraction of sp³-hybridized carbons (Fsp3) is 0.286. The third-order valence-corrected chi connectivity index (χ3v) is 7.05. The van der Waals surface area contributed by atoms with Crippen molar-refractivity contribution < 1.29 is 13.5 Å². The minimum atomic E-state index is -3.25. The molecule has 2 aromatic carbocycles. The summed E-state index contributed by atoms with van der Waals surface area (Å²) in [4.78, 5) is 4.63. The number of aliphatic hydroxyl groups is 1. The van der Waals surface area contributed by atoms with Crippen LogP contribution in [0.3, 0.4) is 0 Å². The van der Waals surface area contributed by atoms with Crippen molar-refractivity contribution in [2.45, 2.75) is 29.9 Å². The van der Waals surface area contributed by atoms with Crippen LogP contribution in [0.1, 0.15) is 35.3 Å². The highest BCUT2D eigenvalue weighted by Crippen LogP contribution is 2.49. The molecule has 0 saturated carbocycles. The van der Waals surface area contributed by atoms with Gasteiger partial charge in [-0.25, -0.2) is 13.4 Å². The van der Waals surface area contributed by atoms with Crippen molar-refractivity contribution >= 4 is 9.84 Å². The summed E-state index contributed by atoms with van der Waals surface area (Å²) >= 11 is 0. The molecule has 1 aliphatic heterocycles. The number of benzene rings is 2. The molecule has 0 bridgehead atoms. The van der Waals surface area contributed by atoms with Crippen LogP contribution in [-0.2, 0) is 16.3 Å². The Morgan fingerprint density at radius 1 is 1.15 bits per heavy atom. The SMILES string of the molecule is CS(=O)(=O)c1ccc2c(c1)CC[C@H](C1c3ccccc3-c3cncn31)[C@@H]2O. The second-order valence-corrected chi connectivity index (χ2v) is 9.51. The molecule has 1 aliphatic carbocycles. The second kappa shape index (κ2) is 5.78. The van der Waals surface area contributed by atoms with Crippen molar-refractivity contribution in [3.63, 3.8) is 0 Å². The molecule has 0 radical (unpaired) electrons. The Kier molecular flexibility index (Phi) is 3.58. The molecule has 1 aromatic heterocycles. The van der Waals surface area contributed by atoms with Gasteiger partial charge in [-0.3, -0.25) is 0 Å². The molecule has 0 fully saturated rings. The molecule has 1 N–H and O–H groups in total. The lowest BCUT2D eigenvalue weighted by molar-refractivity contribution is 0.0719. The van der Waals surface area contributed by atoms with E-state index in [1.54, 1.807) is 18.2 Å². The van der Waals surface area contributed by atoms with Gasteiger partial charge in [-0.15, -0.1) is 0 Å². The van der Waals surface area contributed by atoms with Gasteiger partial charge in [0, 0.05) is 17.7 Å². The van der Waals surface area contributed by atoms with E-state index in [1.807, 2.05) is 24.7 Å². The van der Waals surface area contributed by atoms with Gasteiger partial charge in [-0.05, 0) is 41.7 Å². The average Bonchev–Trinajstić information content (AvgIpc) is 3.22. The highest BCUT2D eigenvalue weighted by atomic mass is 32.2. The van der Waals surface area contributed by atoms with Gasteiger partial charge in [0.15, 0.2) is 9.84 Å². The quantitative estimate of drug-likeness (QED) is 0.741. The highest BCUT2D eigenvalue weighted by molar-refractivity contribution is 7.90. The summed E-state index contributed by atoms with van der Waals surface area (Å²) in [6.45, 7) is 0. The number of hydrogen-bond donors (Lipinski definition) is 1. The van der Waals surface area contributed by atoms with Crippen LogP contribution >= 0.6 is 0 Å². The minimum absolute atomic E-state index is 0.0122. The molecule has 138 valence electrons. The molecule has 1 unspecified atom stereocenters. The fourth-order valence-electron chi connectivity index (χ4n) is 4.67. The van der Waals surface area contributed by atoms with E-state index in [1.165, 1.54) is 17.4 Å². The maximum absolute atomic E-state index is 11.8. The number of aliphatic hydroxyl groups excluding tert-OH is 1. The maximum atomic E-state index is 11.8. The summed E-state index contributed by atoms with van der Waals surface area (Å²) in [5.74, 6) is 0.0122. The summed E-state index contributed by atoms with van der Waals surface area (Å²) in [6, 6.07) is 13.4. The third-order valence-electron chi connectivity index (χ3n) is 5.94. The van der Waals surface area contributed by atoms with Crippen LogP contribution in [0.4, 0.5) is 0 Å². The van der Waals surface area contributed by atoms with Crippen LogP contribution in [-0.4, -0.2) is 29.3 Å². The molecule has 2 heterocycles. The molecule has 27 heavy (non-hydrogen) atoms. The van der Waals surface area contributed by atoms with E-state index in [0.29, 0.717) is 4.90 Å². The van der Waals surface area contributed by atoms with Gasteiger partial charge in [-0.2, -0.15) is 0 Å². The Morgan fingerprint density at radius 2 is 1.96 bits per heavy atom. The second-order valence-electron chi connectivity index (χ2n) is 7.50. The number of aryl methyl sites for hydroxylation is 1. The Bertz CT molecular complexity index is 1150. The number of imidazole rings is 1. The van der Waals surface area contributed by atoms with Gasteiger partial charge in [0.25, 0.3) is 0 Å². The molecule has 0 amide bonds. The van der Waals surface area contributed by atoms with E-state index in [9.17, 15) is 13.5 Å². The summed E-state index contributed by atoms with van der Waals surface area (Å²) in [5.41, 5.74) is 5.24. The smallest absolute Gasteiger partial charge is 0.175 e. The lowest BCUT2D eigenvalue weighted by Gasteiger charge is -2.35. The zero-order valence-corrected chi connectivity index (χ0v) is 15.7. The van der Waals surface area contributed by atoms with E-state index in [4.69, 9.17) is 0 Å². The van der Waals surface area contributed by atoms with Crippen LogP contribution in [0, 0.1) is 5.92 Å². The largest absolute Gasteiger partial charge is 0.388 e. The zero-order valence-electron chi connectivity index (χ0n) is 14.9. The first-order valence-electron chi connectivity index (χ1n) is 9.07. The number of rotatable bonds is 2. The van der Waals surface area contributed by atoms with E-state index in [-0.39, 0.29) is 12.0 Å². The summed E-state index contributed by atoms with van der Waals surface area (Å²) in [6.07, 6.45) is 5.83. The Balaban J connectivity index is 1.57. The van der Waals surface area contributed by atoms with Crippen LogP contribution in [0.5, 0.6) is 0 Å². The number of nitrogens with zero attached hydrogens (tertiary/aromatic N) is 2. The molecule has 6 heteroatoms. The first-order chi connectivity index (χ1) is 12.9. The monoisotopic (exact) mass is 380 g/mol. The van der Waals surface area contributed by atoms with Crippen molar-refractivity contribution in [2.24, 2.45) is 5.92 Å². The van der Waals surface area contributed by atoms with Crippen molar-refractivity contribution in [3.05, 3.63) is 71.7 Å². The fourth-order valence-corrected chi connectivity index (χ4v) is 5.34. The molecule has 3 atom stereocenters. The van der Waals surface area contributed by atoms with Gasteiger partial charge in [0.1, 0.15) is 0 Å². The molecule has 3 aromatic rings. The van der Waals surface area contributed by atoms with Crippen molar-refractivity contribution in [2.75, 3.05) is 6.26 Å². The molecule has 5 rings (SSSR count). The predicted octanol–water partition coefficient (Wildman–Crippen LogP) is 3.15. The topological polar surface area (TPSA) is 72.2 Å². The minimum Gasteiger partial charge on any atom is -0.388 e. The van der Waals surface area contributed by atoms with Crippen molar-refractivity contribution in [1.82, 2.24) is 9.55 Å². The van der Waals surface area contributed by atoms with E-state index in [2.05, 4.69) is 21.7 Å². The van der Waals surface area contributed by atoms with Crippen LogP contribution in [0.15, 0.2) is 59.9 Å². The molecule has 5 nitrogen and oxygen atoms in total. The maximum Gasteiger partial charge on any atom is 0.175 e. The Hall–Kier alpha value is -2.44. The first-order valence-corrected chi connectivity index (χ1v) is 11.0. The van der Waals surface area contributed by atoms with Crippen LogP contribution in [0.2, 0.25) is 0 Å². The van der Waals surface area contributed by atoms with Crippen LogP contribution in [0.25, 0.3) is 11.3 Å². The number of fused-ring (bicyclic) bond motifs is 4. The Morgan fingerprint density at radius 3 is 2.78 bits per heavy atom. The standard InChI is InChI=1S/C21H20N2O3S/c1-27(25,26)14-7-9-15-13(10-14)6-8-18(21(15)24)20-17-5-3-2-4-16(17)19-11-22-12-23(19)20/h2-5,7,9-12,18,20-21,24H,6,8H2,1H3/t18-,20?,21-/m1/s1. The third kappa shape index (κ3) is 2.47. The van der Waals surface area contributed by atoms with Crippen molar-refractivity contribution in [1.29, 1.82) is 0 Å². The summed E-state index contributed by atoms with van der Waals surface area (Å²) < 4.78 is 25.9. The molecule has 2 aliphatic rings. The molecule has 0 saturated heterocycles. The van der Waals surface area contributed by atoms with E-state index >= 15 is 0 Å². The summed E-state index contributed by atoms with van der Waals surface area (Å²) in [7, 11) is -3.25. The number of hydrogen-bond acceptors (Lipinski definition) is 4. The van der Waals surface area contributed by atoms with Crippen molar-refractivity contribution in [3.8, 4) is 11.3 Å². The zero-order chi connectivity index (χ0) is 18.8. The lowest BCUT2D eigenvalue weighted by atomic mass is 9.76. The summed E-state index contributed by atoms with van der Waals surface area (Å²) in [5, 5.41) is 11.2. The Labute approximate surface area is 158 Å². The first kappa shape index (κ1) is 16.7. The molecular formula is C21H20N2O3S. The van der Waals surface area contributed by atoms with E-state index < -0.39 is 15.9 Å². The van der Waals surface area contributed by atoms with Gasteiger partial charge < -0.3 is 9.67 Å². The predicted molar refractivity (Wildman–Crippen MR) is 102 cm³/mol. The number of aromatic nitrogens is 2. The van der Waals surface area contributed by atoms with Gasteiger partial charge in [0.05, 0.1) is 35.3 Å². The van der Waals surface area contributed by atoms with Gasteiger partial charge >= 0.3 is 0 Å². The highest BCUT2D eigenvalue weighted by Gasteiger charge is 2.40. The van der Waals surface area contributed by atoms with Gasteiger partial charge in [-0.1, -0.05) is 30.3 Å². The molecular weight excluding hydrogens is 360 g/mol. The van der Waals surface area contributed by atoms with Gasteiger partial charge in [0.2, 0.25) is 0 Å². The number of sulfone groups is 1. The van der Waals surface area contributed by atoms with Crippen LogP contribution < -0.4 is 0 Å². The lowest BCUT2D eigenvalue weighted by Crippen LogP contribution is -2.28. The average molecular weight is 380 g/mol. The normalized spacial score (nSPS) is 23.6.